The minimum Gasteiger partial charge on any atom is -0.487 e. The van der Waals surface area contributed by atoms with Gasteiger partial charge in [-0.25, -0.2) is 0 Å². The number of hydrogen-bond donors (Lipinski definition) is 1. The number of aromatic nitrogens is 1. The molecule has 2 aromatic rings. The average molecular weight is 324 g/mol. The predicted octanol–water partition coefficient (Wildman–Crippen LogP) is 2.88. The molecule has 1 aromatic heterocycles. The van der Waals surface area contributed by atoms with Crippen LogP contribution in [-0.4, -0.2) is 29.7 Å². The minimum absolute atomic E-state index is 0.0687. The topological polar surface area (TPSA) is 60.5 Å². The second kappa shape index (κ2) is 6.24. The maximum atomic E-state index is 12.6. The number of benzene rings is 1. The molecule has 24 heavy (non-hydrogen) atoms. The molecule has 0 aliphatic carbocycles. The molecule has 5 heteroatoms. The van der Waals surface area contributed by atoms with Crippen molar-refractivity contribution in [2.75, 3.05) is 13.2 Å². The molecule has 0 saturated carbocycles. The van der Waals surface area contributed by atoms with E-state index in [-0.39, 0.29) is 17.6 Å². The van der Waals surface area contributed by atoms with E-state index in [4.69, 9.17) is 9.47 Å². The summed E-state index contributed by atoms with van der Waals surface area (Å²) in [5, 5.41) is 3.16. The van der Waals surface area contributed by atoms with Crippen molar-refractivity contribution in [1.29, 1.82) is 0 Å². The SMILES string of the molecule is O=C(NC1CC2(CCOCC2)Oc2ccccc21)c1cccnc1. The van der Waals surface area contributed by atoms with Gasteiger partial charge in [-0.2, -0.15) is 0 Å². The molecule has 1 unspecified atom stereocenters. The summed E-state index contributed by atoms with van der Waals surface area (Å²) in [4.78, 5) is 16.6. The molecule has 2 aliphatic rings. The van der Waals surface area contributed by atoms with Crippen molar-refractivity contribution >= 4 is 5.91 Å². The second-order valence-corrected chi connectivity index (χ2v) is 6.41. The zero-order chi connectivity index (χ0) is 16.4. The Balaban J connectivity index is 1.62. The van der Waals surface area contributed by atoms with Crippen LogP contribution in [0.2, 0.25) is 0 Å². The summed E-state index contributed by atoms with van der Waals surface area (Å²) in [7, 11) is 0. The third kappa shape index (κ3) is 2.87. The lowest BCUT2D eigenvalue weighted by molar-refractivity contribution is -0.0639. The van der Waals surface area contributed by atoms with E-state index >= 15 is 0 Å². The number of nitrogens with one attached hydrogen (secondary N) is 1. The lowest BCUT2D eigenvalue weighted by Crippen LogP contribution is -2.48. The van der Waals surface area contributed by atoms with Gasteiger partial charge in [0.2, 0.25) is 0 Å². The molecule has 1 aromatic carbocycles. The molecule has 1 N–H and O–H groups in total. The Morgan fingerprint density at radius 1 is 1.17 bits per heavy atom. The van der Waals surface area contributed by atoms with Crippen molar-refractivity contribution in [3.63, 3.8) is 0 Å². The predicted molar refractivity (Wildman–Crippen MR) is 88.9 cm³/mol. The van der Waals surface area contributed by atoms with Crippen LogP contribution in [0.5, 0.6) is 5.75 Å². The van der Waals surface area contributed by atoms with Crippen LogP contribution in [0.1, 0.15) is 41.2 Å². The highest BCUT2D eigenvalue weighted by atomic mass is 16.5. The van der Waals surface area contributed by atoms with Crippen LogP contribution >= 0.6 is 0 Å². The van der Waals surface area contributed by atoms with Gasteiger partial charge in [0.05, 0.1) is 24.8 Å². The van der Waals surface area contributed by atoms with E-state index < -0.39 is 0 Å². The average Bonchev–Trinajstić information content (AvgIpc) is 2.63. The highest BCUT2D eigenvalue weighted by Crippen LogP contribution is 2.43. The third-order valence-electron chi connectivity index (χ3n) is 4.83. The van der Waals surface area contributed by atoms with E-state index in [9.17, 15) is 4.79 Å². The highest BCUT2D eigenvalue weighted by Gasteiger charge is 2.42. The van der Waals surface area contributed by atoms with E-state index in [1.165, 1.54) is 0 Å². The smallest absolute Gasteiger partial charge is 0.253 e. The van der Waals surface area contributed by atoms with E-state index in [0.29, 0.717) is 18.8 Å². The number of fused-ring (bicyclic) bond motifs is 1. The molecule has 1 fully saturated rings. The van der Waals surface area contributed by atoms with Gasteiger partial charge in [-0.1, -0.05) is 18.2 Å². The number of ether oxygens (including phenoxy) is 2. The van der Waals surface area contributed by atoms with Crippen LogP contribution in [0.3, 0.4) is 0 Å². The molecule has 2 aliphatic heterocycles. The zero-order valence-electron chi connectivity index (χ0n) is 13.4. The van der Waals surface area contributed by atoms with E-state index in [1.54, 1.807) is 24.5 Å². The number of amides is 1. The first-order chi connectivity index (χ1) is 11.8. The van der Waals surface area contributed by atoms with Gasteiger partial charge in [-0.05, 0) is 18.2 Å². The Kier molecular flexibility index (Phi) is 3.94. The fourth-order valence-electron chi connectivity index (χ4n) is 3.54. The number of nitrogens with zero attached hydrogens (tertiary/aromatic N) is 1. The van der Waals surface area contributed by atoms with Crippen LogP contribution in [0.25, 0.3) is 0 Å². The quantitative estimate of drug-likeness (QED) is 0.923. The van der Waals surface area contributed by atoms with Gasteiger partial charge in [0.25, 0.3) is 5.91 Å². The van der Waals surface area contributed by atoms with Crippen molar-refractivity contribution in [2.45, 2.75) is 30.9 Å². The van der Waals surface area contributed by atoms with Crippen molar-refractivity contribution in [2.24, 2.45) is 0 Å². The molecule has 5 nitrogen and oxygen atoms in total. The van der Waals surface area contributed by atoms with Gasteiger partial charge < -0.3 is 14.8 Å². The number of pyridine rings is 1. The summed E-state index contributed by atoms with van der Waals surface area (Å²) in [5.74, 6) is 0.758. The second-order valence-electron chi connectivity index (χ2n) is 6.41. The Labute approximate surface area is 141 Å². The Morgan fingerprint density at radius 3 is 2.79 bits per heavy atom. The molecule has 0 bridgehead atoms. The summed E-state index contributed by atoms with van der Waals surface area (Å²) in [6.45, 7) is 1.40. The number of para-hydroxylation sites is 1. The number of carbonyl (C=O) groups is 1. The van der Waals surface area contributed by atoms with E-state index in [2.05, 4.69) is 10.3 Å². The Bertz CT molecular complexity index is 726. The molecule has 0 radical (unpaired) electrons. The van der Waals surface area contributed by atoms with E-state index in [1.807, 2.05) is 24.3 Å². The molecular formula is C19H20N2O3. The Morgan fingerprint density at radius 2 is 2.00 bits per heavy atom. The largest absolute Gasteiger partial charge is 0.487 e. The highest BCUT2D eigenvalue weighted by molar-refractivity contribution is 5.94. The molecular weight excluding hydrogens is 304 g/mol. The number of hydrogen-bond acceptors (Lipinski definition) is 4. The first-order valence-corrected chi connectivity index (χ1v) is 8.32. The standard InChI is InChI=1S/C19H20N2O3/c22-18(14-4-3-9-20-13-14)21-16-12-19(7-10-23-11-8-19)24-17-6-2-1-5-15(16)17/h1-6,9,13,16H,7-8,10-12H2,(H,21,22). The first-order valence-electron chi connectivity index (χ1n) is 8.32. The summed E-state index contributed by atoms with van der Waals surface area (Å²) in [5.41, 5.74) is 1.36. The van der Waals surface area contributed by atoms with Crippen molar-refractivity contribution in [3.8, 4) is 5.75 Å². The van der Waals surface area contributed by atoms with Crippen LogP contribution in [0.15, 0.2) is 48.8 Å². The van der Waals surface area contributed by atoms with Crippen molar-refractivity contribution < 1.29 is 14.3 Å². The van der Waals surface area contributed by atoms with Crippen LogP contribution in [0, 0.1) is 0 Å². The van der Waals surface area contributed by atoms with Crippen LogP contribution in [-0.2, 0) is 4.74 Å². The molecule has 1 amide bonds. The zero-order valence-corrected chi connectivity index (χ0v) is 13.4. The van der Waals surface area contributed by atoms with Gasteiger partial charge in [0.15, 0.2) is 0 Å². The fraction of sp³-hybridized carbons (Fsp3) is 0.368. The molecule has 1 atom stereocenters. The fourth-order valence-corrected chi connectivity index (χ4v) is 3.54. The summed E-state index contributed by atoms with van der Waals surface area (Å²) in [6.07, 6.45) is 5.71. The normalized spacial score (nSPS) is 21.6. The first kappa shape index (κ1) is 15.1. The summed E-state index contributed by atoms with van der Waals surface area (Å²) >= 11 is 0. The van der Waals surface area contributed by atoms with Gasteiger partial charge in [0, 0.05) is 37.2 Å². The van der Waals surface area contributed by atoms with Gasteiger partial charge in [0.1, 0.15) is 11.4 Å². The number of carbonyl (C=O) groups excluding carboxylic acids is 1. The molecule has 4 rings (SSSR count). The monoisotopic (exact) mass is 324 g/mol. The van der Waals surface area contributed by atoms with Gasteiger partial charge in [-0.3, -0.25) is 9.78 Å². The van der Waals surface area contributed by atoms with Gasteiger partial charge >= 0.3 is 0 Å². The third-order valence-corrected chi connectivity index (χ3v) is 4.83. The molecule has 3 heterocycles. The summed E-state index contributed by atoms with van der Waals surface area (Å²) < 4.78 is 11.8. The maximum Gasteiger partial charge on any atom is 0.253 e. The maximum absolute atomic E-state index is 12.6. The minimum atomic E-state index is -0.251. The molecule has 1 spiro atoms. The molecule has 1 saturated heterocycles. The van der Waals surface area contributed by atoms with E-state index in [0.717, 1.165) is 30.6 Å². The van der Waals surface area contributed by atoms with Gasteiger partial charge in [-0.15, -0.1) is 0 Å². The molecule has 124 valence electrons. The Hall–Kier alpha value is -2.40. The van der Waals surface area contributed by atoms with Crippen molar-refractivity contribution in [1.82, 2.24) is 10.3 Å². The lowest BCUT2D eigenvalue weighted by Gasteiger charge is -2.44. The van der Waals surface area contributed by atoms with Crippen LogP contribution in [0.4, 0.5) is 0 Å². The van der Waals surface area contributed by atoms with Crippen LogP contribution < -0.4 is 10.1 Å². The summed E-state index contributed by atoms with van der Waals surface area (Å²) in [6, 6.07) is 11.4. The lowest BCUT2D eigenvalue weighted by atomic mass is 9.82. The van der Waals surface area contributed by atoms with Crippen molar-refractivity contribution in [3.05, 3.63) is 59.9 Å². The number of rotatable bonds is 2.